The molecule has 152 valence electrons. The highest BCUT2D eigenvalue weighted by Crippen LogP contribution is 2.39. The largest absolute Gasteiger partial charge is 0.418 e. The van der Waals surface area contributed by atoms with Crippen LogP contribution in [0.4, 0.5) is 24.5 Å². The molecule has 28 heavy (non-hydrogen) atoms. The number of hydrogen-bond donors (Lipinski definition) is 0. The number of nitro benzene ring substituents is 1. The molecule has 1 fully saturated rings. The number of benzene rings is 1. The summed E-state index contributed by atoms with van der Waals surface area (Å²) >= 11 is 0. The molecule has 1 aromatic carbocycles. The third kappa shape index (κ3) is 4.08. The van der Waals surface area contributed by atoms with Gasteiger partial charge < -0.3 is 9.42 Å². The zero-order valence-electron chi connectivity index (χ0n) is 15.4. The Bertz CT molecular complexity index is 847. The molecule has 1 unspecified atom stereocenters. The van der Waals surface area contributed by atoms with Gasteiger partial charge in [-0.25, -0.2) is 0 Å². The molecule has 11 heteroatoms. The van der Waals surface area contributed by atoms with Gasteiger partial charge in [-0.15, -0.1) is 0 Å². The summed E-state index contributed by atoms with van der Waals surface area (Å²) in [7, 11) is 0. The Balaban J connectivity index is 1.75. The summed E-state index contributed by atoms with van der Waals surface area (Å²) in [6.07, 6.45) is -4.02. The molecule has 8 nitrogen and oxygen atoms in total. The first kappa shape index (κ1) is 20.1. The minimum absolute atomic E-state index is 0.0449. The van der Waals surface area contributed by atoms with Crippen molar-refractivity contribution < 1.29 is 22.6 Å². The van der Waals surface area contributed by atoms with Crippen LogP contribution >= 0.6 is 0 Å². The van der Waals surface area contributed by atoms with Gasteiger partial charge in [0, 0.05) is 50.4 Å². The molecule has 0 saturated carbocycles. The number of nitrogens with zero attached hydrogens (tertiary/aromatic N) is 5. The van der Waals surface area contributed by atoms with Crippen LogP contribution < -0.4 is 4.90 Å². The van der Waals surface area contributed by atoms with Crippen molar-refractivity contribution in [2.75, 3.05) is 31.1 Å². The van der Waals surface area contributed by atoms with Gasteiger partial charge in [0.2, 0.25) is 5.89 Å². The Hall–Kier alpha value is -2.69. The van der Waals surface area contributed by atoms with Crippen LogP contribution in [0, 0.1) is 10.1 Å². The molecule has 0 aliphatic carbocycles. The van der Waals surface area contributed by atoms with Crippen molar-refractivity contribution >= 4 is 11.4 Å². The highest BCUT2D eigenvalue weighted by atomic mass is 19.4. The third-order valence-electron chi connectivity index (χ3n) is 4.86. The Morgan fingerprint density at radius 2 is 1.96 bits per heavy atom. The quantitative estimate of drug-likeness (QED) is 0.562. The van der Waals surface area contributed by atoms with E-state index >= 15 is 0 Å². The lowest BCUT2D eigenvalue weighted by Gasteiger charge is -2.38. The first-order chi connectivity index (χ1) is 13.2. The van der Waals surface area contributed by atoms with Gasteiger partial charge in [0.15, 0.2) is 5.82 Å². The summed E-state index contributed by atoms with van der Waals surface area (Å²) in [5.41, 5.74) is -1.62. The Morgan fingerprint density at radius 1 is 1.29 bits per heavy atom. The van der Waals surface area contributed by atoms with Crippen molar-refractivity contribution in [3.8, 4) is 0 Å². The molecule has 2 heterocycles. The van der Waals surface area contributed by atoms with Gasteiger partial charge in [-0.3, -0.25) is 15.0 Å². The third-order valence-corrected chi connectivity index (χ3v) is 4.86. The van der Waals surface area contributed by atoms with E-state index in [4.69, 9.17) is 4.52 Å². The highest BCUT2D eigenvalue weighted by molar-refractivity contribution is 5.59. The number of halogens is 3. The summed E-state index contributed by atoms with van der Waals surface area (Å²) in [4.78, 5) is 18.0. The number of nitro groups is 1. The average Bonchev–Trinajstić information content (AvgIpc) is 3.15. The maximum Gasteiger partial charge on any atom is 0.418 e. The van der Waals surface area contributed by atoms with E-state index < -0.39 is 22.4 Å². The average molecular weight is 399 g/mol. The number of piperazine rings is 1. The summed E-state index contributed by atoms with van der Waals surface area (Å²) in [6.45, 7) is 5.52. The predicted octanol–water partition coefficient (Wildman–Crippen LogP) is 3.44. The molecule has 1 atom stereocenters. The molecule has 0 N–H and O–H groups in total. The smallest absolute Gasteiger partial charge is 0.368 e. The fourth-order valence-corrected chi connectivity index (χ4v) is 3.23. The Kier molecular flexibility index (Phi) is 5.54. The van der Waals surface area contributed by atoms with E-state index in [1.54, 1.807) is 4.90 Å². The summed E-state index contributed by atoms with van der Waals surface area (Å²) < 4.78 is 45.5. The zero-order chi connectivity index (χ0) is 20.5. The van der Waals surface area contributed by atoms with Crippen molar-refractivity contribution in [1.82, 2.24) is 15.0 Å². The maximum absolute atomic E-state index is 13.4. The molecule has 1 saturated heterocycles. The van der Waals surface area contributed by atoms with Crippen LogP contribution in [0.5, 0.6) is 0 Å². The molecule has 2 aromatic rings. The van der Waals surface area contributed by atoms with Crippen LogP contribution in [0.2, 0.25) is 0 Å². The van der Waals surface area contributed by atoms with Gasteiger partial charge >= 0.3 is 6.18 Å². The van der Waals surface area contributed by atoms with Crippen LogP contribution in [0.25, 0.3) is 0 Å². The molecule has 1 aliphatic heterocycles. The normalized spacial score (nSPS) is 17.0. The Morgan fingerprint density at radius 3 is 2.50 bits per heavy atom. The van der Waals surface area contributed by atoms with Crippen LogP contribution in [0.15, 0.2) is 22.7 Å². The number of non-ortho nitro benzene ring substituents is 1. The topological polar surface area (TPSA) is 88.5 Å². The molecular weight excluding hydrogens is 379 g/mol. The number of rotatable bonds is 5. The van der Waals surface area contributed by atoms with Crippen LogP contribution in [0.3, 0.4) is 0 Å². The zero-order valence-corrected chi connectivity index (χ0v) is 15.4. The number of aromatic nitrogens is 2. The number of anilines is 1. The van der Waals surface area contributed by atoms with E-state index in [1.165, 1.54) is 6.07 Å². The second-order valence-corrected chi connectivity index (χ2v) is 6.56. The van der Waals surface area contributed by atoms with E-state index in [0.717, 1.165) is 6.07 Å². The van der Waals surface area contributed by atoms with Crippen LogP contribution in [-0.2, 0) is 12.6 Å². The van der Waals surface area contributed by atoms with Gasteiger partial charge in [-0.2, -0.15) is 18.2 Å². The minimum Gasteiger partial charge on any atom is -0.368 e. The van der Waals surface area contributed by atoms with Gasteiger partial charge in [-0.05, 0) is 13.0 Å². The lowest BCUT2D eigenvalue weighted by Crippen LogP contribution is -2.47. The summed E-state index contributed by atoms with van der Waals surface area (Å²) in [5, 5.41) is 14.7. The number of alkyl halides is 3. The van der Waals surface area contributed by atoms with Gasteiger partial charge in [0.25, 0.3) is 5.69 Å². The molecular formula is C17H20F3N5O3. The number of hydrogen-bond acceptors (Lipinski definition) is 7. The molecule has 0 bridgehead atoms. The van der Waals surface area contributed by atoms with Crippen molar-refractivity contribution in [1.29, 1.82) is 0 Å². The molecule has 0 amide bonds. The van der Waals surface area contributed by atoms with E-state index in [1.807, 2.05) is 13.8 Å². The molecule has 0 radical (unpaired) electrons. The molecule has 1 aliphatic rings. The second kappa shape index (κ2) is 7.74. The SMILES string of the molecule is CCc1noc(C(C)N2CCN(c3ccc([N+](=O)[O-])cc3C(F)(F)F)CC2)n1. The van der Waals surface area contributed by atoms with Crippen LogP contribution in [-0.4, -0.2) is 46.1 Å². The van der Waals surface area contributed by atoms with E-state index in [0.29, 0.717) is 50.4 Å². The molecule has 3 rings (SSSR count). The highest BCUT2D eigenvalue weighted by Gasteiger charge is 2.37. The lowest BCUT2D eigenvalue weighted by molar-refractivity contribution is -0.385. The standard InChI is InChI=1S/C17H20F3N5O3/c1-3-15-21-16(28-22-15)11(2)23-6-8-24(9-7-23)14-5-4-12(25(26)27)10-13(14)17(18,19)20/h4-5,10-11H,3,6-9H2,1-2H3. The number of aryl methyl sites for hydroxylation is 1. The minimum atomic E-state index is -4.67. The van der Waals surface area contributed by atoms with Crippen molar-refractivity contribution in [2.45, 2.75) is 32.5 Å². The van der Waals surface area contributed by atoms with Crippen LogP contribution in [0.1, 0.15) is 37.2 Å². The monoisotopic (exact) mass is 399 g/mol. The van der Waals surface area contributed by atoms with Crippen molar-refractivity contribution in [2.24, 2.45) is 0 Å². The van der Waals surface area contributed by atoms with E-state index in [2.05, 4.69) is 15.0 Å². The van der Waals surface area contributed by atoms with Crippen molar-refractivity contribution in [3.63, 3.8) is 0 Å². The summed E-state index contributed by atoms with van der Waals surface area (Å²) in [6, 6.07) is 2.72. The molecule has 1 aromatic heterocycles. The molecule has 0 spiro atoms. The Labute approximate surface area is 159 Å². The summed E-state index contributed by atoms with van der Waals surface area (Å²) in [5.74, 6) is 1.10. The fraction of sp³-hybridized carbons (Fsp3) is 0.529. The first-order valence-electron chi connectivity index (χ1n) is 8.87. The second-order valence-electron chi connectivity index (χ2n) is 6.56. The van der Waals surface area contributed by atoms with Gasteiger partial charge in [-0.1, -0.05) is 12.1 Å². The maximum atomic E-state index is 13.4. The van der Waals surface area contributed by atoms with E-state index in [9.17, 15) is 23.3 Å². The van der Waals surface area contributed by atoms with Gasteiger partial charge in [0.1, 0.15) is 0 Å². The van der Waals surface area contributed by atoms with Crippen molar-refractivity contribution in [3.05, 3.63) is 45.6 Å². The predicted molar refractivity (Wildman–Crippen MR) is 94.0 cm³/mol. The van der Waals surface area contributed by atoms with E-state index in [-0.39, 0.29) is 11.7 Å². The lowest BCUT2D eigenvalue weighted by atomic mass is 10.1. The van der Waals surface area contributed by atoms with Gasteiger partial charge in [0.05, 0.1) is 16.5 Å². The first-order valence-corrected chi connectivity index (χ1v) is 8.87. The fourth-order valence-electron chi connectivity index (χ4n) is 3.23.